The third-order valence-corrected chi connectivity index (χ3v) is 4.83. The van der Waals surface area contributed by atoms with Gasteiger partial charge in [0.2, 0.25) is 0 Å². The number of aliphatic hydroxyl groups is 1. The highest BCUT2D eigenvalue weighted by Gasteiger charge is 2.22. The van der Waals surface area contributed by atoms with E-state index in [1.165, 1.54) is 11.3 Å². The number of amides is 1. The smallest absolute Gasteiger partial charge is 0.263 e. The quantitative estimate of drug-likeness (QED) is 0.916. The van der Waals surface area contributed by atoms with Crippen molar-refractivity contribution in [2.24, 2.45) is 0 Å². The topological polar surface area (TPSA) is 62.2 Å². The second-order valence-electron chi connectivity index (χ2n) is 5.37. The van der Waals surface area contributed by atoms with Crippen LogP contribution in [0.4, 0.5) is 0 Å². The molecule has 3 rings (SSSR count). The Morgan fingerprint density at radius 3 is 2.62 bits per heavy atom. The van der Waals surface area contributed by atoms with E-state index in [4.69, 9.17) is 0 Å². The van der Waals surface area contributed by atoms with Crippen molar-refractivity contribution >= 4 is 17.2 Å². The first-order valence-corrected chi connectivity index (χ1v) is 8.04. The summed E-state index contributed by atoms with van der Waals surface area (Å²) < 4.78 is 0. The van der Waals surface area contributed by atoms with Crippen molar-refractivity contribution in [2.45, 2.75) is 37.8 Å². The molecule has 0 bridgehead atoms. The minimum Gasteiger partial charge on any atom is -0.393 e. The standard InChI is InChI=1S/C16H18N2O2S/c19-13-8-6-12(7-9-13)18-15(20)14-10-17-16(21-14)11-4-2-1-3-5-11/h1-5,10,12-13,19H,6-9H2,(H,18,20). The Morgan fingerprint density at radius 2 is 1.90 bits per heavy atom. The van der Waals surface area contributed by atoms with E-state index in [2.05, 4.69) is 10.3 Å². The van der Waals surface area contributed by atoms with Gasteiger partial charge in [-0.15, -0.1) is 11.3 Å². The Kier molecular flexibility index (Phi) is 4.31. The summed E-state index contributed by atoms with van der Waals surface area (Å²) in [5, 5.41) is 13.4. The average Bonchev–Trinajstić information content (AvgIpc) is 3.00. The maximum Gasteiger partial charge on any atom is 0.263 e. The van der Waals surface area contributed by atoms with Crippen LogP contribution in [0.15, 0.2) is 36.5 Å². The van der Waals surface area contributed by atoms with Gasteiger partial charge in [0.05, 0.1) is 12.3 Å². The van der Waals surface area contributed by atoms with Crippen LogP contribution < -0.4 is 5.32 Å². The van der Waals surface area contributed by atoms with Gasteiger partial charge in [0.15, 0.2) is 0 Å². The van der Waals surface area contributed by atoms with Crippen molar-refractivity contribution in [1.82, 2.24) is 10.3 Å². The van der Waals surface area contributed by atoms with Crippen LogP contribution in [0.25, 0.3) is 10.6 Å². The van der Waals surface area contributed by atoms with Crippen LogP contribution in [0, 0.1) is 0 Å². The molecule has 0 unspecified atom stereocenters. The van der Waals surface area contributed by atoms with E-state index >= 15 is 0 Å². The van der Waals surface area contributed by atoms with Gasteiger partial charge in [-0.2, -0.15) is 0 Å². The van der Waals surface area contributed by atoms with E-state index in [0.717, 1.165) is 36.3 Å². The highest BCUT2D eigenvalue weighted by atomic mass is 32.1. The van der Waals surface area contributed by atoms with E-state index in [1.807, 2.05) is 30.3 Å². The van der Waals surface area contributed by atoms with Crippen molar-refractivity contribution in [3.8, 4) is 10.6 Å². The number of hydrogen-bond donors (Lipinski definition) is 2. The Balaban J connectivity index is 1.64. The zero-order valence-electron chi connectivity index (χ0n) is 11.7. The molecule has 1 amide bonds. The molecule has 1 heterocycles. The van der Waals surface area contributed by atoms with Crippen molar-refractivity contribution < 1.29 is 9.90 Å². The molecule has 0 saturated heterocycles. The number of thiazole rings is 1. The predicted octanol–water partition coefficient (Wildman–Crippen LogP) is 2.84. The summed E-state index contributed by atoms with van der Waals surface area (Å²) in [4.78, 5) is 17.2. The Bertz CT molecular complexity index is 604. The monoisotopic (exact) mass is 302 g/mol. The maximum absolute atomic E-state index is 12.2. The Hall–Kier alpha value is -1.72. The van der Waals surface area contributed by atoms with E-state index in [0.29, 0.717) is 4.88 Å². The van der Waals surface area contributed by atoms with Gasteiger partial charge in [0, 0.05) is 11.6 Å². The molecule has 0 spiro atoms. The predicted molar refractivity (Wildman–Crippen MR) is 83.3 cm³/mol. The lowest BCUT2D eigenvalue weighted by Gasteiger charge is -2.25. The van der Waals surface area contributed by atoms with Crippen LogP contribution >= 0.6 is 11.3 Å². The minimum atomic E-state index is -0.203. The van der Waals surface area contributed by atoms with Gasteiger partial charge >= 0.3 is 0 Å². The zero-order valence-corrected chi connectivity index (χ0v) is 12.5. The zero-order chi connectivity index (χ0) is 14.7. The molecule has 1 aromatic heterocycles. The van der Waals surface area contributed by atoms with Gasteiger partial charge in [-0.25, -0.2) is 4.98 Å². The lowest BCUT2D eigenvalue weighted by molar-refractivity contribution is 0.0871. The highest BCUT2D eigenvalue weighted by Crippen LogP contribution is 2.25. The molecule has 21 heavy (non-hydrogen) atoms. The van der Waals surface area contributed by atoms with E-state index in [1.54, 1.807) is 6.20 Å². The second-order valence-corrected chi connectivity index (χ2v) is 6.41. The Morgan fingerprint density at radius 1 is 1.19 bits per heavy atom. The lowest BCUT2D eigenvalue weighted by Crippen LogP contribution is -2.38. The maximum atomic E-state index is 12.2. The summed E-state index contributed by atoms with van der Waals surface area (Å²) >= 11 is 1.41. The number of aromatic nitrogens is 1. The Labute approximate surface area is 127 Å². The number of aliphatic hydroxyl groups excluding tert-OH is 1. The van der Waals surface area contributed by atoms with E-state index in [-0.39, 0.29) is 18.1 Å². The molecule has 1 aromatic carbocycles. The fourth-order valence-electron chi connectivity index (χ4n) is 2.57. The highest BCUT2D eigenvalue weighted by molar-refractivity contribution is 7.16. The van der Waals surface area contributed by atoms with Gasteiger partial charge in [0.1, 0.15) is 9.88 Å². The summed E-state index contributed by atoms with van der Waals surface area (Å²) in [7, 11) is 0. The third kappa shape index (κ3) is 3.49. The fraction of sp³-hybridized carbons (Fsp3) is 0.375. The molecule has 1 saturated carbocycles. The van der Waals surface area contributed by atoms with E-state index in [9.17, 15) is 9.90 Å². The molecule has 4 nitrogen and oxygen atoms in total. The van der Waals surface area contributed by atoms with E-state index < -0.39 is 0 Å². The summed E-state index contributed by atoms with van der Waals surface area (Å²) in [5.41, 5.74) is 1.03. The van der Waals surface area contributed by atoms with Gasteiger partial charge < -0.3 is 10.4 Å². The molecule has 2 aromatic rings. The second kappa shape index (κ2) is 6.37. The number of carbonyl (C=O) groups is 1. The van der Waals surface area contributed by atoms with Gasteiger partial charge in [-0.3, -0.25) is 4.79 Å². The first kappa shape index (κ1) is 14.2. The molecule has 0 aliphatic heterocycles. The molecule has 0 radical (unpaired) electrons. The summed E-state index contributed by atoms with van der Waals surface area (Å²) in [6, 6.07) is 10.0. The normalized spacial score (nSPS) is 22.0. The summed E-state index contributed by atoms with van der Waals surface area (Å²) in [6.45, 7) is 0. The average molecular weight is 302 g/mol. The van der Waals surface area contributed by atoms with Crippen LogP contribution in [0.3, 0.4) is 0 Å². The van der Waals surface area contributed by atoms with Crippen molar-refractivity contribution in [3.05, 3.63) is 41.4 Å². The minimum absolute atomic E-state index is 0.0592. The lowest BCUT2D eigenvalue weighted by atomic mass is 9.93. The van der Waals surface area contributed by atoms with Crippen LogP contribution in [0.1, 0.15) is 35.4 Å². The number of nitrogens with one attached hydrogen (secondary N) is 1. The molecule has 0 atom stereocenters. The molecular weight excluding hydrogens is 284 g/mol. The number of hydrogen-bond acceptors (Lipinski definition) is 4. The number of benzene rings is 1. The molecule has 1 fully saturated rings. The first-order valence-electron chi connectivity index (χ1n) is 7.22. The third-order valence-electron chi connectivity index (χ3n) is 3.78. The van der Waals surface area contributed by atoms with Crippen LogP contribution in [-0.4, -0.2) is 28.1 Å². The van der Waals surface area contributed by atoms with Gasteiger partial charge in [0.25, 0.3) is 5.91 Å². The molecule has 1 aliphatic carbocycles. The summed E-state index contributed by atoms with van der Waals surface area (Å²) in [6.07, 6.45) is 4.66. The summed E-state index contributed by atoms with van der Waals surface area (Å²) in [5.74, 6) is -0.0592. The van der Waals surface area contributed by atoms with Gasteiger partial charge in [-0.05, 0) is 25.7 Å². The first-order chi connectivity index (χ1) is 10.2. The molecule has 110 valence electrons. The SMILES string of the molecule is O=C(NC1CCC(O)CC1)c1cnc(-c2ccccc2)s1. The van der Waals surface area contributed by atoms with Crippen molar-refractivity contribution in [1.29, 1.82) is 0 Å². The molecule has 1 aliphatic rings. The van der Waals surface area contributed by atoms with Crippen LogP contribution in [0.2, 0.25) is 0 Å². The van der Waals surface area contributed by atoms with Crippen molar-refractivity contribution in [3.63, 3.8) is 0 Å². The number of rotatable bonds is 3. The number of carbonyl (C=O) groups excluding carboxylic acids is 1. The van der Waals surface area contributed by atoms with Crippen molar-refractivity contribution in [2.75, 3.05) is 0 Å². The fourth-order valence-corrected chi connectivity index (χ4v) is 3.39. The number of nitrogens with zero attached hydrogens (tertiary/aromatic N) is 1. The molecule has 5 heteroatoms. The largest absolute Gasteiger partial charge is 0.393 e. The van der Waals surface area contributed by atoms with Gasteiger partial charge in [-0.1, -0.05) is 30.3 Å². The molecule has 2 N–H and O–H groups in total. The van der Waals surface area contributed by atoms with Crippen LogP contribution in [0.5, 0.6) is 0 Å². The molecular formula is C16H18N2O2S. The van der Waals surface area contributed by atoms with Crippen LogP contribution in [-0.2, 0) is 0 Å².